The quantitative estimate of drug-likeness (QED) is 0.565. The van der Waals surface area contributed by atoms with Gasteiger partial charge in [-0.3, -0.25) is 9.69 Å². The fourth-order valence-corrected chi connectivity index (χ4v) is 2.92. The average Bonchev–Trinajstić information content (AvgIpc) is 2.96. The molecule has 21 heavy (non-hydrogen) atoms. The van der Waals surface area contributed by atoms with Crippen molar-refractivity contribution in [2.45, 2.75) is 38.1 Å². The summed E-state index contributed by atoms with van der Waals surface area (Å²) < 4.78 is 5.68. The maximum absolute atomic E-state index is 11.2. The van der Waals surface area contributed by atoms with E-state index in [2.05, 4.69) is 4.90 Å². The van der Waals surface area contributed by atoms with Gasteiger partial charge in [0.05, 0.1) is 13.2 Å². The number of hydrogen-bond donors (Lipinski definition) is 2. The van der Waals surface area contributed by atoms with Gasteiger partial charge in [-0.2, -0.15) is 0 Å². The molecule has 0 aromatic heterocycles. The molecule has 1 aliphatic rings. The topological polar surface area (TPSA) is 81.6 Å². The second kappa shape index (κ2) is 7.88. The summed E-state index contributed by atoms with van der Waals surface area (Å²) in [6.45, 7) is 1.81. The lowest BCUT2D eigenvalue weighted by Gasteiger charge is -2.27. The van der Waals surface area contributed by atoms with Crippen molar-refractivity contribution in [2.24, 2.45) is 5.73 Å². The van der Waals surface area contributed by atoms with E-state index in [1.165, 1.54) is 25.7 Å². The largest absolute Gasteiger partial charge is 0.493 e. The Morgan fingerprint density at radius 2 is 2.10 bits per heavy atom. The Balaban J connectivity index is 1.74. The SMILES string of the molecule is NC(=O)CN(CCCOc1cccc(N)c1)C1CCCC1. The summed E-state index contributed by atoms with van der Waals surface area (Å²) in [7, 11) is 0. The summed E-state index contributed by atoms with van der Waals surface area (Å²) in [5.74, 6) is 0.538. The Morgan fingerprint density at radius 1 is 1.33 bits per heavy atom. The molecule has 0 aliphatic heterocycles. The number of anilines is 1. The zero-order valence-electron chi connectivity index (χ0n) is 12.5. The van der Waals surface area contributed by atoms with Crippen LogP contribution >= 0.6 is 0 Å². The van der Waals surface area contributed by atoms with Crippen LogP contribution in [0.4, 0.5) is 5.69 Å². The van der Waals surface area contributed by atoms with Gasteiger partial charge < -0.3 is 16.2 Å². The number of nitrogens with two attached hydrogens (primary N) is 2. The molecule has 1 fully saturated rings. The van der Waals surface area contributed by atoms with E-state index >= 15 is 0 Å². The van der Waals surface area contributed by atoms with E-state index in [0.717, 1.165) is 18.7 Å². The van der Waals surface area contributed by atoms with Crippen molar-refractivity contribution in [1.29, 1.82) is 0 Å². The molecule has 116 valence electrons. The predicted octanol–water partition coefficient (Wildman–Crippen LogP) is 1.77. The molecule has 1 aromatic rings. The van der Waals surface area contributed by atoms with E-state index in [0.29, 0.717) is 24.9 Å². The standard InChI is InChI=1S/C16H25N3O2/c17-13-5-3-8-15(11-13)21-10-4-9-19(12-16(18)20)14-6-1-2-7-14/h3,5,8,11,14H,1-2,4,6-7,9-10,12,17H2,(H2,18,20). The maximum Gasteiger partial charge on any atom is 0.231 e. The number of hydrogen-bond acceptors (Lipinski definition) is 4. The van der Waals surface area contributed by atoms with Gasteiger partial charge in [-0.15, -0.1) is 0 Å². The monoisotopic (exact) mass is 291 g/mol. The number of carbonyl (C=O) groups excluding carboxylic acids is 1. The second-order valence-electron chi connectivity index (χ2n) is 5.65. The summed E-state index contributed by atoms with van der Waals surface area (Å²) in [5, 5.41) is 0. The number of carbonyl (C=O) groups is 1. The van der Waals surface area contributed by atoms with E-state index in [1.54, 1.807) is 0 Å². The summed E-state index contributed by atoms with van der Waals surface area (Å²) in [5.41, 5.74) is 11.8. The Hall–Kier alpha value is -1.75. The van der Waals surface area contributed by atoms with Crippen molar-refractivity contribution in [3.05, 3.63) is 24.3 Å². The molecule has 0 unspecified atom stereocenters. The van der Waals surface area contributed by atoms with Crippen LogP contribution in [0.3, 0.4) is 0 Å². The van der Waals surface area contributed by atoms with Crippen LogP contribution in [0, 0.1) is 0 Å². The third-order valence-electron chi connectivity index (χ3n) is 3.92. The molecule has 0 saturated heterocycles. The lowest BCUT2D eigenvalue weighted by Crippen LogP contribution is -2.41. The van der Waals surface area contributed by atoms with Gasteiger partial charge in [-0.1, -0.05) is 18.9 Å². The first-order chi connectivity index (χ1) is 10.1. The van der Waals surface area contributed by atoms with Crippen molar-refractivity contribution >= 4 is 11.6 Å². The van der Waals surface area contributed by atoms with Crippen LogP contribution in [0.25, 0.3) is 0 Å². The lowest BCUT2D eigenvalue weighted by molar-refractivity contribution is -0.119. The van der Waals surface area contributed by atoms with Crippen LogP contribution in [-0.4, -0.2) is 36.5 Å². The molecule has 5 heteroatoms. The normalized spacial score (nSPS) is 15.5. The summed E-state index contributed by atoms with van der Waals surface area (Å²) in [6.07, 6.45) is 5.71. The summed E-state index contributed by atoms with van der Waals surface area (Å²) in [4.78, 5) is 13.4. The molecule has 0 spiro atoms. The van der Waals surface area contributed by atoms with E-state index in [1.807, 2.05) is 24.3 Å². The molecule has 1 amide bonds. The van der Waals surface area contributed by atoms with Crippen LogP contribution in [-0.2, 0) is 4.79 Å². The van der Waals surface area contributed by atoms with Gasteiger partial charge in [0, 0.05) is 24.3 Å². The smallest absolute Gasteiger partial charge is 0.231 e. The highest BCUT2D eigenvalue weighted by atomic mass is 16.5. The highest BCUT2D eigenvalue weighted by Gasteiger charge is 2.23. The molecule has 0 heterocycles. The van der Waals surface area contributed by atoms with Gasteiger partial charge in [-0.25, -0.2) is 0 Å². The summed E-state index contributed by atoms with van der Waals surface area (Å²) in [6, 6.07) is 7.93. The Kier molecular flexibility index (Phi) is 5.87. The van der Waals surface area contributed by atoms with Gasteiger partial charge in [0.15, 0.2) is 0 Å². The number of amides is 1. The lowest BCUT2D eigenvalue weighted by atomic mass is 10.2. The Labute approximate surface area is 126 Å². The first-order valence-corrected chi connectivity index (χ1v) is 7.66. The Morgan fingerprint density at radius 3 is 2.76 bits per heavy atom. The molecule has 0 radical (unpaired) electrons. The third-order valence-corrected chi connectivity index (χ3v) is 3.92. The minimum atomic E-state index is -0.251. The molecule has 5 nitrogen and oxygen atoms in total. The second-order valence-corrected chi connectivity index (χ2v) is 5.65. The fraction of sp³-hybridized carbons (Fsp3) is 0.562. The zero-order valence-corrected chi connectivity index (χ0v) is 12.5. The Bertz CT molecular complexity index is 459. The number of ether oxygens (including phenoxy) is 1. The molecule has 1 aromatic carbocycles. The third kappa shape index (κ3) is 5.27. The summed E-state index contributed by atoms with van der Waals surface area (Å²) >= 11 is 0. The van der Waals surface area contributed by atoms with E-state index in [4.69, 9.17) is 16.2 Å². The van der Waals surface area contributed by atoms with Crippen LogP contribution < -0.4 is 16.2 Å². The van der Waals surface area contributed by atoms with Crippen molar-refractivity contribution in [2.75, 3.05) is 25.4 Å². The predicted molar refractivity (Wildman–Crippen MR) is 84.0 cm³/mol. The van der Waals surface area contributed by atoms with Gasteiger partial charge in [0.1, 0.15) is 5.75 Å². The molecule has 4 N–H and O–H groups in total. The van der Waals surface area contributed by atoms with Crippen LogP contribution in [0.15, 0.2) is 24.3 Å². The molecule has 0 bridgehead atoms. The molecular formula is C16H25N3O2. The number of primary amides is 1. The minimum Gasteiger partial charge on any atom is -0.493 e. The van der Waals surface area contributed by atoms with Gasteiger partial charge in [0.25, 0.3) is 0 Å². The van der Waals surface area contributed by atoms with Crippen LogP contribution in [0.2, 0.25) is 0 Å². The van der Waals surface area contributed by atoms with E-state index in [9.17, 15) is 4.79 Å². The molecule has 0 atom stereocenters. The molecule has 1 aliphatic carbocycles. The van der Waals surface area contributed by atoms with Gasteiger partial charge in [0.2, 0.25) is 5.91 Å². The maximum atomic E-state index is 11.2. The number of rotatable bonds is 8. The van der Waals surface area contributed by atoms with Crippen molar-refractivity contribution < 1.29 is 9.53 Å². The van der Waals surface area contributed by atoms with E-state index < -0.39 is 0 Å². The van der Waals surface area contributed by atoms with Crippen LogP contribution in [0.1, 0.15) is 32.1 Å². The number of nitrogen functional groups attached to an aromatic ring is 1. The minimum absolute atomic E-state index is 0.251. The van der Waals surface area contributed by atoms with Crippen molar-refractivity contribution in [1.82, 2.24) is 4.90 Å². The van der Waals surface area contributed by atoms with Crippen LogP contribution in [0.5, 0.6) is 5.75 Å². The van der Waals surface area contributed by atoms with Gasteiger partial charge in [-0.05, 0) is 31.4 Å². The molecular weight excluding hydrogens is 266 g/mol. The highest BCUT2D eigenvalue weighted by Crippen LogP contribution is 2.23. The zero-order chi connectivity index (χ0) is 15.1. The van der Waals surface area contributed by atoms with Crippen molar-refractivity contribution in [3.8, 4) is 5.75 Å². The number of nitrogens with zero attached hydrogens (tertiary/aromatic N) is 1. The number of benzene rings is 1. The first kappa shape index (κ1) is 15.6. The first-order valence-electron chi connectivity index (χ1n) is 7.66. The molecule has 2 rings (SSSR count). The van der Waals surface area contributed by atoms with E-state index in [-0.39, 0.29) is 5.91 Å². The van der Waals surface area contributed by atoms with Crippen molar-refractivity contribution in [3.63, 3.8) is 0 Å². The average molecular weight is 291 g/mol. The molecule has 1 saturated carbocycles. The highest BCUT2D eigenvalue weighted by molar-refractivity contribution is 5.75. The fourth-order valence-electron chi connectivity index (χ4n) is 2.92. The van der Waals surface area contributed by atoms with Gasteiger partial charge >= 0.3 is 0 Å².